The van der Waals surface area contributed by atoms with E-state index in [-0.39, 0.29) is 5.91 Å². The van der Waals surface area contributed by atoms with Crippen molar-refractivity contribution in [3.05, 3.63) is 30.1 Å². The van der Waals surface area contributed by atoms with Crippen molar-refractivity contribution >= 4 is 5.91 Å². The molecule has 1 aromatic heterocycles. The minimum Gasteiger partial charge on any atom is -0.377 e. The number of hydrogen-bond acceptors (Lipinski definition) is 3. The van der Waals surface area contributed by atoms with Gasteiger partial charge >= 0.3 is 0 Å². The van der Waals surface area contributed by atoms with Crippen LogP contribution in [-0.2, 0) is 16.0 Å². The summed E-state index contributed by atoms with van der Waals surface area (Å²) in [4.78, 5) is 17.5. The molecule has 20 heavy (non-hydrogen) atoms. The van der Waals surface area contributed by atoms with Crippen LogP contribution < -0.4 is 0 Å². The van der Waals surface area contributed by atoms with Crippen LogP contribution in [0.4, 0.5) is 0 Å². The van der Waals surface area contributed by atoms with Gasteiger partial charge in [-0.2, -0.15) is 0 Å². The van der Waals surface area contributed by atoms with Crippen molar-refractivity contribution in [3.8, 4) is 0 Å². The predicted octanol–water partition coefficient (Wildman–Crippen LogP) is 2.04. The van der Waals surface area contributed by atoms with Crippen molar-refractivity contribution in [1.29, 1.82) is 0 Å². The summed E-state index contributed by atoms with van der Waals surface area (Å²) in [6.45, 7) is 4.29. The number of amides is 1. The van der Waals surface area contributed by atoms with E-state index in [2.05, 4.69) is 11.1 Å². The quantitative estimate of drug-likeness (QED) is 0.829. The van der Waals surface area contributed by atoms with Gasteiger partial charge in [-0.3, -0.25) is 9.78 Å². The van der Waals surface area contributed by atoms with E-state index < -0.39 is 0 Å². The molecule has 3 heterocycles. The summed E-state index contributed by atoms with van der Waals surface area (Å²) in [6, 6.07) is 4.09. The Bertz CT molecular complexity index is 467. The molecule has 1 aromatic rings. The second-order valence-electron chi connectivity index (χ2n) is 6.21. The van der Waals surface area contributed by atoms with Gasteiger partial charge in [-0.15, -0.1) is 0 Å². The van der Waals surface area contributed by atoms with Gasteiger partial charge in [0.15, 0.2) is 0 Å². The van der Waals surface area contributed by atoms with Gasteiger partial charge in [0.1, 0.15) is 0 Å². The van der Waals surface area contributed by atoms with Crippen molar-refractivity contribution in [2.75, 3.05) is 19.7 Å². The molecule has 4 nitrogen and oxygen atoms in total. The second kappa shape index (κ2) is 5.52. The van der Waals surface area contributed by atoms with Gasteiger partial charge in [-0.05, 0) is 36.3 Å². The molecule has 3 rings (SSSR count). The molecule has 0 unspecified atom stereocenters. The molecule has 1 amide bonds. The van der Waals surface area contributed by atoms with E-state index in [4.69, 9.17) is 4.74 Å². The van der Waals surface area contributed by atoms with Gasteiger partial charge in [0.25, 0.3) is 0 Å². The summed E-state index contributed by atoms with van der Waals surface area (Å²) in [5, 5.41) is 0. The zero-order valence-electron chi connectivity index (χ0n) is 12.0. The summed E-state index contributed by atoms with van der Waals surface area (Å²) in [5.74, 6) is 0.200. The Morgan fingerprint density at radius 2 is 2.30 bits per heavy atom. The molecule has 2 aliphatic rings. The maximum Gasteiger partial charge on any atom is 0.219 e. The molecule has 0 saturated carbocycles. The molecule has 2 saturated heterocycles. The molecule has 0 aliphatic carbocycles. The fourth-order valence-corrected chi connectivity index (χ4v) is 3.45. The number of aromatic nitrogens is 1. The molecular weight excluding hydrogens is 252 g/mol. The van der Waals surface area contributed by atoms with Crippen LogP contribution in [0.5, 0.6) is 0 Å². The number of rotatable bonds is 2. The fourth-order valence-electron chi connectivity index (χ4n) is 3.45. The zero-order chi connectivity index (χ0) is 14.0. The maximum atomic E-state index is 11.4. The Hall–Kier alpha value is -1.42. The molecular formula is C16H22N2O2. The molecule has 0 N–H and O–H groups in total. The summed E-state index contributed by atoms with van der Waals surface area (Å²) >= 11 is 0. The van der Waals surface area contributed by atoms with E-state index >= 15 is 0 Å². The van der Waals surface area contributed by atoms with E-state index in [0.717, 1.165) is 45.4 Å². The Morgan fingerprint density at radius 3 is 2.95 bits per heavy atom. The lowest BCUT2D eigenvalue weighted by molar-refractivity contribution is -0.131. The maximum absolute atomic E-state index is 11.4. The molecule has 0 radical (unpaired) electrons. The van der Waals surface area contributed by atoms with E-state index in [1.807, 2.05) is 17.2 Å². The highest BCUT2D eigenvalue weighted by atomic mass is 16.5. The van der Waals surface area contributed by atoms with Crippen molar-refractivity contribution in [2.24, 2.45) is 5.41 Å². The Balaban J connectivity index is 1.56. The first-order chi connectivity index (χ1) is 9.67. The van der Waals surface area contributed by atoms with Gasteiger partial charge in [0.2, 0.25) is 5.91 Å². The largest absolute Gasteiger partial charge is 0.377 e. The number of carbonyl (C=O) groups is 1. The van der Waals surface area contributed by atoms with Crippen molar-refractivity contribution in [1.82, 2.24) is 9.88 Å². The van der Waals surface area contributed by atoms with E-state index in [0.29, 0.717) is 11.5 Å². The Morgan fingerprint density at radius 1 is 1.50 bits per heavy atom. The first-order valence-corrected chi connectivity index (χ1v) is 7.43. The van der Waals surface area contributed by atoms with Gasteiger partial charge in [-0.1, -0.05) is 6.07 Å². The third-order valence-electron chi connectivity index (χ3n) is 4.74. The number of likely N-dealkylation sites (tertiary alicyclic amines) is 1. The van der Waals surface area contributed by atoms with Gasteiger partial charge in [0, 0.05) is 38.8 Å². The third-order valence-corrected chi connectivity index (χ3v) is 4.74. The highest BCUT2D eigenvalue weighted by Gasteiger charge is 2.42. The van der Waals surface area contributed by atoms with Gasteiger partial charge < -0.3 is 9.64 Å². The SMILES string of the molecule is CC(=O)N1CCC2(CC1)CO[C@H](Cc1cccnc1)C2. The van der Waals surface area contributed by atoms with Crippen molar-refractivity contribution in [2.45, 2.75) is 38.7 Å². The van der Waals surface area contributed by atoms with E-state index in [1.165, 1.54) is 5.56 Å². The smallest absolute Gasteiger partial charge is 0.219 e. The van der Waals surface area contributed by atoms with Gasteiger partial charge in [0.05, 0.1) is 12.7 Å². The number of carbonyl (C=O) groups excluding carboxylic acids is 1. The third kappa shape index (κ3) is 2.85. The molecule has 0 aromatic carbocycles. The summed E-state index contributed by atoms with van der Waals surface area (Å²) in [5.41, 5.74) is 1.55. The van der Waals surface area contributed by atoms with Crippen LogP contribution in [-0.4, -0.2) is 41.6 Å². The molecule has 0 bridgehead atoms. The van der Waals surface area contributed by atoms with Gasteiger partial charge in [-0.25, -0.2) is 0 Å². The molecule has 4 heteroatoms. The highest BCUT2D eigenvalue weighted by molar-refractivity contribution is 5.73. The lowest BCUT2D eigenvalue weighted by atomic mass is 9.76. The lowest BCUT2D eigenvalue weighted by Crippen LogP contribution is -2.42. The molecule has 1 spiro atoms. The lowest BCUT2D eigenvalue weighted by Gasteiger charge is -2.38. The average Bonchev–Trinajstić information content (AvgIpc) is 2.83. The molecule has 2 aliphatic heterocycles. The minimum absolute atomic E-state index is 0.200. The Labute approximate surface area is 120 Å². The normalized spacial score (nSPS) is 25.1. The highest BCUT2D eigenvalue weighted by Crippen LogP contribution is 2.42. The van der Waals surface area contributed by atoms with Crippen LogP contribution in [0.15, 0.2) is 24.5 Å². The van der Waals surface area contributed by atoms with Crippen LogP contribution in [0, 0.1) is 5.41 Å². The van der Waals surface area contributed by atoms with E-state index in [9.17, 15) is 4.79 Å². The molecule has 2 fully saturated rings. The van der Waals surface area contributed by atoms with Crippen molar-refractivity contribution in [3.63, 3.8) is 0 Å². The number of ether oxygens (including phenoxy) is 1. The summed E-state index contributed by atoms with van der Waals surface area (Å²) in [6.07, 6.45) is 8.26. The molecule has 108 valence electrons. The summed E-state index contributed by atoms with van der Waals surface area (Å²) in [7, 11) is 0. The Kier molecular flexibility index (Phi) is 3.74. The second-order valence-corrected chi connectivity index (χ2v) is 6.21. The fraction of sp³-hybridized carbons (Fsp3) is 0.625. The number of pyridine rings is 1. The average molecular weight is 274 g/mol. The first kappa shape index (κ1) is 13.6. The number of hydrogen-bond donors (Lipinski definition) is 0. The van der Waals surface area contributed by atoms with Crippen LogP contribution in [0.2, 0.25) is 0 Å². The topological polar surface area (TPSA) is 42.4 Å². The molecule has 1 atom stereocenters. The summed E-state index contributed by atoms with van der Waals surface area (Å²) < 4.78 is 6.01. The number of nitrogens with zero attached hydrogens (tertiary/aromatic N) is 2. The van der Waals surface area contributed by atoms with Crippen LogP contribution in [0.25, 0.3) is 0 Å². The minimum atomic E-state index is 0.200. The predicted molar refractivity (Wildman–Crippen MR) is 76.2 cm³/mol. The monoisotopic (exact) mass is 274 g/mol. The standard InChI is InChI=1S/C16H22N2O2/c1-13(19)18-7-4-16(5-8-18)10-15(20-12-16)9-14-3-2-6-17-11-14/h2-3,6,11,15H,4-5,7-10,12H2,1H3/t15-/m1/s1. The number of piperidine rings is 1. The van der Waals surface area contributed by atoms with Crippen molar-refractivity contribution < 1.29 is 9.53 Å². The van der Waals surface area contributed by atoms with Crippen LogP contribution >= 0.6 is 0 Å². The first-order valence-electron chi connectivity index (χ1n) is 7.43. The van der Waals surface area contributed by atoms with Crippen LogP contribution in [0.3, 0.4) is 0 Å². The van der Waals surface area contributed by atoms with E-state index in [1.54, 1.807) is 13.1 Å². The van der Waals surface area contributed by atoms with Crippen LogP contribution in [0.1, 0.15) is 31.7 Å². The zero-order valence-corrected chi connectivity index (χ0v) is 12.0.